The number of H-pyrrole nitrogens is 1. The number of nitrogens with zero attached hydrogens (tertiary/aromatic N) is 1. The summed E-state index contributed by atoms with van der Waals surface area (Å²) in [5, 5.41) is 10.8. The second kappa shape index (κ2) is 4.06. The van der Waals surface area contributed by atoms with Gasteiger partial charge in [0.05, 0.1) is 5.02 Å². The number of aromatic carboxylic acids is 1. The van der Waals surface area contributed by atoms with Crippen molar-refractivity contribution < 1.29 is 14.3 Å². The Morgan fingerprint density at radius 3 is 2.76 bits per heavy atom. The quantitative estimate of drug-likeness (QED) is 0.858. The van der Waals surface area contributed by atoms with Crippen LogP contribution in [0.5, 0.6) is 0 Å². The van der Waals surface area contributed by atoms with Gasteiger partial charge in [0.15, 0.2) is 5.82 Å². The molecule has 2 N–H and O–H groups in total. The van der Waals surface area contributed by atoms with Crippen LogP contribution >= 0.6 is 11.6 Å². The maximum atomic E-state index is 13.6. The number of benzene rings is 1. The summed E-state index contributed by atoms with van der Waals surface area (Å²) in [6.07, 6.45) is 0. The van der Waals surface area contributed by atoms with Crippen LogP contribution in [0.25, 0.3) is 5.69 Å². The summed E-state index contributed by atoms with van der Waals surface area (Å²) in [4.78, 5) is 22.1. The van der Waals surface area contributed by atoms with E-state index < -0.39 is 17.3 Å². The molecule has 17 heavy (non-hydrogen) atoms. The van der Waals surface area contributed by atoms with Crippen LogP contribution in [0.3, 0.4) is 0 Å². The minimum Gasteiger partial charge on any atom is -0.477 e. The van der Waals surface area contributed by atoms with Crippen molar-refractivity contribution in [2.45, 2.75) is 0 Å². The SMILES string of the molecule is O=C(O)c1cc(=O)n(-c2cccc(Cl)c2F)[nH]1. The van der Waals surface area contributed by atoms with Crippen LogP contribution in [-0.2, 0) is 0 Å². The third-order valence-corrected chi connectivity index (χ3v) is 2.41. The smallest absolute Gasteiger partial charge is 0.353 e. The van der Waals surface area contributed by atoms with E-state index in [-0.39, 0.29) is 16.4 Å². The zero-order chi connectivity index (χ0) is 12.6. The molecule has 7 heteroatoms. The number of halogens is 2. The summed E-state index contributed by atoms with van der Waals surface area (Å²) in [5.74, 6) is -2.10. The summed E-state index contributed by atoms with van der Waals surface area (Å²) < 4.78 is 14.4. The van der Waals surface area contributed by atoms with Gasteiger partial charge in [0, 0.05) is 6.07 Å². The number of hydrogen-bond acceptors (Lipinski definition) is 2. The Balaban J connectivity index is 2.65. The molecule has 0 radical (unpaired) electrons. The van der Waals surface area contributed by atoms with Gasteiger partial charge >= 0.3 is 5.97 Å². The monoisotopic (exact) mass is 256 g/mol. The number of carbonyl (C=O) groups is 1. The van der Waals surface area contributed by atoms with Crippen molar-refractivity contribution in [1.82, 2.24) is 9.78 Å². The zero-order valence-electron chi connectivity index (χ0n) is 8.28. The van der Waals surface area contributed by atoms with E-state index in [4.69, 9.17) is 16.7 Å². The van der Waals surface area contributed by atoms with Gasteiger partial charge in [-0.05, 0) is 12.1 Å². The molecular weight excluding hydrogens is 251 g/mol. The first kappa shape index (κ1) is 11.4. The fourth-order valence-corrected chi connectivity index (χ4v) is 1.52. The molecule has 1 heterocycles. The highest BCUT2D eigenvalue weighted by Crippen LogP contribution is 2.19. The molecule has 2 rings (SSSR count). The standard InChI is InChI=1S/C10H6ClFN2O3/c11-5-2-1-3-7(9(5)12)14-8(15)4-6(13-14)10(16)17/h1-4,13H,(H,16,17). The lowest BCUT2D eigenvalue weighted by molar-refractivity contribution is 0.0690. The number of nitrogens with one attached hydrogen (secondary N) is 1. The molecule has 0 unspecified atom stereocenters. The average molecular weight is 257 g/mol. The van der Waals surface area contributed by atoms with Gasteiger partial charge in [-0.1, -0.05) is 17.7 Å². The largest absolute Gasteiger partial charge is 0.477 e. The van der Waals surface area contributed by atoms with E-state index in [1.165, 1.54) is 18.2 Å². The van der Waals surface area contributed by atoms with Crippen LogP contribution in [0.2, 0.25) is 5.02 Å². The Kier molecular flexibility index (Phi) is 2.72. The first-order valence-electron chi connectivity index (χ1n) is 4.50. The van der Waals surface area contributed by atoms with Crippen LogP contribution in [-0.4, -0.2) is 20.9 Å². The molecule has 2 aromatic rings. The minimum absolute atomic E-state index is 0.130. The van der Waals surface area contributed by atoms with Crippen molar-refractivity contribution in [3.63, 3.8) is 0 Å². The Morgan fingerprint density at radius 2 is 2.18 bits per heavy atom. The fraction of sp³-hybridized carbons (Fsp3) is 0. The molecule has 0 saturated carbocycles. The van der Waals surface area contributed by atoms with Crippen molar-refractivity contribution in [3.05, 3.63) is 51.2 Å². The average Bonchev–Trinajstić information content (AvgIpc) is 2.65. The van der Waals surface area contributed by atoms with E-state index in [1.54, 1.807) is 0 Å². The summed E-state index contributed by atoms with van der Waals surface area (Å²) in [6.45, 7) is 0. The first-order valence-corrected chi connectivity index (χ1v) is 4.88. The molecule has 5 nitrogen and oxygen atoms in total. The van der Waals surface area contributed by atoms with Gasteiger partial charge in [-0.15, -0.1) is 0 Å². The molecule has 0 amide bonds. The number of aromatic nitrogens is 2. The highest BCUT2D eigenvalue weighted by Gasteiger charge is 2.14. The van der Waals surface area contributed by atoms with Gasteiger partial charge in [0.2, 0.25) is 0 Å². The molecule has 0 atom stereocenters. The normalized spacial score (nSPS) is 10.5. The number of aromatic amines is 1. The third-order valence-electron chi connectivity index (χ3n) is 2.12. The molecule has 1 aromatic carbocycles. The Bertz CT molecular complexity index is 647. The fourth-order valence-electron chi connectivity index (χ4n) is 1.35. The summed E-state index contributed by atoms with van der Waals surface area (Å²) in [5.41, 5.74) is -1.13. The molecule has 0 aliphatic rings. The lowest BCUT2D eigenvalue weighted by Crippen LogP contribution is -2.15. The molecule has 0 aliphatic carbocycles. The van der Waals surface area contributed by atoms with E-state index >= 15 is 0 Å². The number of carboxylic acids is 1. The van der Waals surface area contributed by atoms with Gasteiger partial charge in [0.1, 0.15) is 11.4 Å². The van der Waals surface area contributed by atoms with E-state index in [0.717, 1.165) is 10.7 Å². The van der Waals surface area contributed by atoms with Crippen molar-refractivity contribution in [2.24, 2.45) is 0 Å². The van der Waals surface area contributed by atoms with Gasteiger partial charge in [-0.3, -0.25) is 9.89 Å². The molecular formula is C10H6ClFN2O3. The van der Waals surface area contributed by atoms with Crippen LogP contribution in [0.4, 0.5) is 4.39 Å². The molecule has 0 bridgehead atoms. The van der Waals surface area contributed by atoms with Crippen LogP contribution in [0.1, 0.15) is 10.5 Å². The molecule has 88 valence electrons. The number of carboxylic acid groups (broad SMARTS) is 1. The highest BCUT2D eigenvalue weighted by molar-refractivity contribution is 6.30. The van der Waals surface area contributed by atoms with Crippen molar-refractivity contribution in [2.75, 3.05) is 0 Å². The van der Waals surface area contributed by atoms with E-state index in [9.17, 15) is 14.0 Å². The Labute approximate surface area is 99.0 Å². The van der Waals surface area contributed by atoms with Crippen LogP contribution < -0.4 is 5.56 Å². The van der Waals surface area contributed by atoms with Crippen molar-refractivity contribution in [1.29, 1.82) is 0 Å². The van der Waals surface area contributed by atoms with Gasteiger partial charge in [-0.25, -0.2) is 13.9 Å². The summed E-state index contributed by atoms with van der Waals surface area (Å²) in [7, 11) is 0. The van der Waals surface area contributed by atoms with E-state index in [2.05, 4.69) is 5.10 Å². The predicted molar refractivity (Wildman–Crippen MR) is 58.3 cm³/mol. The lowest BCUT2D eigenvalue weighted by atomic mass is 10.3. The maximum Gasteiger partial charge on any atom is 0.353 e. The second-order valence-electron chi connectivity index (χ2n) is 3.22. The highest BCUT2D eigenvalue weighted by atomic mass is 35.5. The van der Waals surface area contributed by atoms with Crippen LogP contribution in [0.15, 0.2) is 29.1 Å². The summed E-state index contributed by atoms with van der Waals surface area (Å²) in [6, 6.07) is 4.95. The first-order chi connectivity index (χ1) is 8.00. The van der Waals surface area contributed by atoms with Crippen molar-refractivity contribution >= 4 is 17.6 Å². The molecule has 1 aromatic heterocycles. The zero-order valence-corrected chi connectivity index (χ0v) is 9.03. The van der Waals surface area contributed by atoms with Gasteiger partial charge < -0.3 is 5.11 Å². The second-order valence-corrected chi connectivity index (χ2v) is 3.63. The van der Waals surface area contributed by atoms with E-state index in [1.807, 2.05) is 0 Å². The number of hydrogen-bond donors (Lipinski definition) is 2. The molecule has 0 saturated heterocycles. The predicted octanol–water partition coefficient (Wildman–Crippen LogP) is 1.66. The number of rotatable bonds is 2. The van der Waals surface area contributed by atoms with Crippen LogP contribution in [0, 0.1) is 5.82 Å². The third kappa shape index (κ3) is 1.94. The lowest BCUT2D eigenvalue weighted by Gasteiger charge is -2.04. The minimum atomic E-state index is -1.30. The van der Waals surface area contributed by atoms with Gasteiger partial charge in [-0.2, -0.15) is 0 Å². The maximum absolute atomic E-state index is 13.6. The van der Waals surface area contributed by atoms with E-state index in [0.29, 0.717) is 0 Å². The molecule has 0 spiro atoms. The van der Waals surface area contributed by atoms with Gasteiger partial charge in [0.25, 0.3) is 5.56 Å². The Hall–Kier alpha value is -2.08. The van der Waals surface area contributed by atoms with Crippen molar-refractivity contribution in [3.8, 4) is 5.69 Å². The molecule has 0 fully saturated rings. The Morgan fingerprint density at radius 1 is 1.47 bits per heavy atom. The molecule has 0 aliphatic heterocycles. The topological polar surface area (TPSA) is 75.1 Å². The summed E-state index contributed by atoms with van der Waals surface area (Å²) >= 11 is 5.56.